The normalized spacial score (nSPS) is 14.9. The first kappa shape index (κ1) is 14.7. The van der Waals surface area contributed by atoms with Gasteiger partial charge in [-0.05, 0) is 37.5 Å². The van der Waals surface area contributed by atoms with E-state index in [1.54, 1.807) is 13.8 Å². The standard InChI is InChI=1S/C12H20O4/c1-9(11(13)14)7-5-3-4-6-8-10(2)12(15)16/h3-4,9-10H,5-8H2,1-2H3,(H,13,14)(H,15,16)/p-2/b4-3+. The molecule has 0 aromatic rings. The van der Waals surface area contributed by atoms with Gasteiger partial charge in [-0.3, -0.25) is 0 Å². The van der Waals surface area contributed by atoms with Gasteiger partial charge >= 0.3 is 0 Å². The molecule has 0 aliphatic heterocycles. The summed E-state index contributed by atoms with van der Waals surface area (Å²) in [7, 11) is 0. The van der Waals surface area contributed by atoms with Crippen LogP contribution in [0.2, 0.25) is 0 Å². The van der Waals surface area contributed by atoms with Gasteiger partial charge in [-0.25, -0.2) is 0 Å². The van der Waals surface area contributed by atoms with Crippen LogP contribution in [-0.4, -0.2) is 11.9 Å². The van der Waals surface area contributed by atoms with E-state index in [-0.39, 0.29) is 0 Å². The highest BCUT2D eigenvalue weighted by atomic mass is 16.4. The maximum atomic E-state index is 10.4. The SMILES string of the molecule is CC(CC/C=C/CCC(C)C(=O)[O-])C(=O)[O-]. The third-order valence-electron chi connectivity index (χ3n) is 2.50. The minimum Gasteiger partial charge on any atom is -0.550 e. The number of carboxylic acid groups (broad SMARTS) is 2. The Labute approximate surface area is 96.0 Å². The number of hydrogen-bond donors (Lipinski definition) is 0. The molecule has 0 heterocycles. The highest BCUT2D eigenvalue weighted by Crippen LogP contribution is 2.08. The van der Waals surface area contributed by atoms with E-state index in [1.165, 1.54) is 0 Å². The summed E-state index contributed by atoms with van der Waals surface area (Å²) in [5.74, 6) is -2.93. The fraction of sp³-hybridized carbons (Fsp3) is 0.667. The van der Waals surface area contributed by atoms with Gasteiger partial charge in [-0.2, -0.15) is 0 Å². The summed E-state index contributed by atoms with van der Waals surface area (Å²) in [5, 5.41) is 20.8. The van der Waals surface area contributed by atoms with Crippen molar-refractivity contribution < 1.29 is 19.8 Å². The topological polar surface area (TPSA) is 80.3 Å². The van der Waals surface area contributed by atoms with E-state index >= 15 is 0 Å². The van der Waals surface area contributed by atoms with Crippen molar-refractivity contribution in [1.82, 2.24) is 0 Å². The first-order chi connectivity index (χ1) is 7.45. The van der Waals surface area contributed by atoms with Gasteiger partial charge < -0.3 is 19.8 Å². The molecule has 0 aliphatic rings. The van der Waals surface area contributed by atoms with E-state index < -0.39 is 23.8 Å². The molecule has 0 saturated carbocycles. The van der Waals surface area contributed by atoms with E-state index in [1.807, 2.05) is 12.2 Å². The molecule has 0 spiro atoms. The zero-order valence-corrected chi connectivity index (χ0v) is 9.77. The number of aliphatic carboxylic acids is 2. The smallest absolute Gasteiger partial charge is 0.0442 e. The van der Waals surface area contributed by atoms with Crippen LogP contribution in [0.3, 0.4) is 0 Å². The minimum atomic E-state index is -1.03. The molecular formula is C12H18O4-2. The Kier molecular flexibility index (Phi) is 7.25. The van der Waals surface area contributed by atoms with Gasteiger partial charge in [0.1, 0.15) is 0 Å². The Morgan fingerprint density at radius 3 is 1.50 bits per heavy atom. The summed E-state index contributed by atoms with van der Waals surface area (Å²) in [6.07, 6.45) is 6.20. The monoisotopic (exact) mass is 226 g/mol. The molecule has 0 N–H and O–H groups in total. The van der Waals surface area contributed by atoms with Gasteiger partial charge in [0.05, 0.1) is 0 Å². The van der Waals surface area contributed by atoms with E-state index in [2.05, 4.69) is 0 Å². The van der Waals surface area contributed by atoms with Crippen LogP contribution in [0.5, 0.6) is 0 Å². The number of allylic oxidation sites excluding steroid dienone is 2. The summed E-state index contributed by atoms with van der Waals surface area (Å²) < 4.78 is 0. The van der Waals surface area contributed by atoms with Crippen molar-refractivity contribution in [2.24, 2.45) is 11.8 Å². The molecule has 0 aromatic heterocycles. The summed E-state index contributed by atoms with van der Waals surface area (Å²) in [4.78, 5) is 20.8. The molecule has 92 valence electrons. The van der Waals surface area contributed by atoms with Crippen LogP contribution in [0, 0.1) is 11.8 Å². The van der Waals surface area contributed by atoms with Crippen molar-refractivity contribution in [3.8, 4) is 0 Å². The molecule has 0 bridgehead atoms. The van der Waals surface area contributed by atoms with Crippen molar-refractivity contribution >= 4 is 11.9 Å². The maximum Gasteiger partial charge on any atom is 0.0442 e. The first-order valence-corrected chi connectivity index (χ1v) is 5.51. The zero-order chi connectivity index (χ0) is 12.6. The van der Waals surface area contributed by atoms with E-state index in [9.17, 15) is 19.8 Å². The van der Waals surface area contributed by atoms with Crippen molar-refractivity contribution in [2.45, 2.75) is 39.5 Å². The fourth-order valence-corrected chi connectivity index (χ4v) is 1.16. The molecule has 0 aromatic carbocycles. The molecule has 0 rings (SSSR count). The van der Waals surface area contributed by atoms with Gasteiger partial charge in [-0.15, -0.1) is 0 Å². The molecule has 2 unspecified atom stereocenters. The number of hydrogen-bond acceptors (Lipinski definition) is 4. The minimum absolute atomic E-state index is 0.438. The van der Waals surface area contributed by atoms with Crippen LogP contribution in [0.25, 0.3) is 0 Å². The Balaban J connectivity index is 3.56. The van der Waals surface area contributed by atoms with Crippen molar-refractivity contribution in [2.75, 3.05) is 0 Å². The summed E-state index contributed by atoms with van der Waals surface area (Å²) >= 11 is 0. The molecule has 4 nitrogen and oxygen atoms in total. The van der Waals surface area contributed by atoms with Crippen LogP contribution in [0.1, 0.15) is 39.5 Å². The van der Waals surface area contributed by atoms with E-state index in [0.717, 1.165) is 0 Å². The van der Waals surface area contributed by atoms with Gasteiger partial charge in [0.2, 0.25) is 0 Å². The predicted molar refractivity (Wildman–Crippen MR) is 56.0 cm³/mol. The molecule has 4 heteroatoms. The maximum absolute atomic E-state index is 10.4. The van der Waals surface area contributed by atoms with Crippen LogP contribution in [0.15, 0.2) is 12.2 Å². The second-order valence-electron chi connectivity index (χ2n) is 4.07. The number of carbonyl (C=O) groups excluding carboxylic acids is 2. The molecule has 0 fully saturated rings. The van der Waals surface area contributed by atoms with Crippen LogP contribution in [0.4, 0.5) is 0 Å². The highest BCUT2D eigenvalue weighted by Gasteiger charge is 2.01. The third kappa shape index (κ3) is 7.04. The van der Waals surface area contributed by atoms with Crippen LogP contribution in [-0.2, 0) is 9.59 Å². The quantitative estimate of drug-likeness (QED) is 0.540. The summed E-state index contributed by atoms with van der Waals surface area (Å²) in [5.41, 5.74) is 0. The Morgan fingerprint density at radius 2 is 1.25 bits per heavy atom. The molecule has 2 atom stereocenters. The average Bonchev–Trinajstić information content (AvgIpc) is 2.21. The predicted octanol–water partition coefficient (Wildman–Crippen LogP) is -0.125. The van der Waals surface area contributed by atoms with Gasteiger partial charge in [-0.1, -0.05) is 26.0 Å². The van der Waals surface area contributed by atoms with Crippen LogP contribution < -0.4 is 10.2 Å². The number of carbonyl (C=O) groups is 2. The lowest BCUT2D eigenvalue weighted by atomic mass is 10.0. The Hall–Kier alpha value is -1.32. The summed E-state index contributed by atoms with van der Waals surface area (Å²) in [6.45, 7) is 3.22. The van der Waals surface area contributed by atoms with E-state index in [4.69, 9.17) is 0 Å². The number of carboxylic acids is 2. The fourth-order valence-electron chi connectivity index (χ4n) is 1.16. The zero-order valence-electron chi connectivity index (χ0n) is 9.77. The molecule has 0 amide bonds. The average molecular weight is 226 g/mol. The lowest BCUT2D eigenvalue weighted by Gasteiger charge is -2.10. The van der Waals surface area contributed by atoms with Crippen molar-refractivity contribution in [3.05, 3.63) is 12.2 Å². The molecule has 0 radical (unpaired) electrons. The van der Waals surface area contributed by atoms with Crippen molar-refractivity contribution in [3.63, 3.8) is 0 Å². The lowest BCUT2D eigenvalue weighted by Crippen LogP contribution is -2.29. The molecule has 0 saturated heterocycles. The van der Waals surface area contributed by atoms with Gasteiger partial charge in [0.25, 0.3) is 0 Å². The second-order valence-corrected chi connectivity index (χ2v) is 4.07. The van der Waals surface area contributed by atoms with Crippen LogP contribution >= 0.6 is 0 Å². The lowest BCUT2D eigenvalue weighted by molar-refractivity contribution is -0.312. The van der Waals surface area contributed by atoms with Gasteiger partial charge in [0.15, 0.2) is 0 Å². The molecule has 16 heavy (non-hydrogen) atoms. The second kappa shape index (κ2) is 7.91. The van der Waals surface area contributed by atoms with Gasteiger partial charge in [0, 0.05) is 11.9 Å². The number of rotatable bonds is 8. The largest absolute Gasteiger partial charge is 0.550 e. The third-order valence-corrected chi connectivity index (χ3v) is 2.50. The Bertz CT molecular complexity index is 232. The molecule has 0 aliphatic carbocycles. The van der Waals surface area contributed by atoms with E-state index in [0.29, 0.717) is 25.7 Å². The first-order valence-electron chi connectivity index (χ1n) is 5.51. The Morgan fingerprint density at radius 1 is 0.938 bits per heavy atom. The molecular weight excluding hydrogens is 208 g/mol. The summed E-state index contributed by atoms with van der Waals surface area (Å²) in [6, 6.07) is 0. The van der Waals surface area contributed by atoms with Crippen molar-refractivity contribution in [1.29, 1.82) is 0 Å². The highest BCUT2D eigenvalue weighted by molar-refractivity contribution is 5.67.